The highest BCUT2D eigenvalue weighted by Crippen LogP contribution is 2.29. The van der Waals surface area contributed by atoms with Gasteiger partial charge in [-0.15, -0.1) is 0 Å². The molecule has 0 aromatic heterocycles. The van der Waals surface area contributed by atoms with Crippen LogP contribution >= 0.6 is 0 Å². The summed E-state index contributed by atoms with van der Waals surface area (Å²) in [4.78, 5) is 34.7. The third-order valence-corrected chi connectivity index (χ3v) is 5.19. The van der Waals surface area contributed by atoms with Gasteiger partial charge in [-0.2, -0.15) is 0 Å². The molecule has 3 rings (SSSR count). The number of carboxylic acid groups (broad SMARTS) is 1. The number of aliphatic hydroxyl groups is 2. The molecule has 0 radical (unpaired) electrons. The Kier molecular flexibility index (Phi) is 6.19. The van der Waals surface area contributed by atoms with Crippen LogP contribution in [0.3, 0.4) is 0 Å². The fourth-order valence-corrected chi connectivity index (χ4v) is 3.63. The molecule has 0 saturated heterocycles. The lowest BCUT2D eigenvalue weighted by Gasteiger charge is -2.31. The van der Waals surface area contributed by atoms with E-state index in [4.69, 9.17) is 15.6 Å². The van der Waals surface area contributed by atoms with Crippen molar-refractivity contribution >= 4 is 17.8 Å². The van der Waals surface area contributed by atoms with Gasteiger partial charge >= 0.3 is 5.97 Å². The molecule has 2 amide bonds. The molecule has 1 aromatic rings. The van der Waals surface area contributed by atoms with Gasteiger partial charge in [0.05, 0.1) is 12.5 Å². The molecule has 4 atom stereocenters. The predicted octanol–water partition coefficient (Wildman–Crippen LogP) is -0.581. The molecule has 0 fully saturated rings. The molecular weight excluding hydrogens is 380 g/mol. The van der Waals surface area contributed by atoms with Crippen LogP contribution in [0.1, 0.15) is 30.4 Å². The number of aryl methyl sites for hydroxylation is 2. The van der Waals surface area contributed by atoms with Crippen LogP contribution < -0.4 is 15.8 Å². The van der Waals surface area contributed by atoms with Gasteiger partial charge in [-0.25, -0.2) is 0 Å². The van der Waals surface area contributed by atoms with Crippen molar-refractivity contribution in [1.82, 2.24) is 5.32 Å². The van der Waals surface area contributed by atoms with Crippen LogP contribution in [0.15, 0.2) is 29.8 Å². The summed E-state index contributed by atoms with van der Waals surface area (Å²) < 4.78 is 5.81. The number of carbonyl (C=O) groups excluding carboxylic acids is 2. The fraction of sp³-hybridized carbons (Fsp3) is 0.450. The number of ether oxygens (including phenoxy) is 1. The van der Waals surface area contributed by atoms with Crippen LogP contribution in [0.4, 0.5) is 0 Å². The smallest absolute Gasteiger partial charge is 0.305 e. The molecule has 9 heteroatoms. The van der Waals surface area contributed by atoms with Crippen molar-refractivity contribution < 1.29 is 34.4 Å². The summed E-state index contributed by atoms with van der Waals surface area (Å²) in [6, 6.07) is 4.24. The lowest BCUT2D eigenvalue weighted by Crippen LogP contribution is -2.49. The van der Waals surface area contributed by atoms with Gasteiger partial charge in [0.25, 0.3) is 0 Å². The minimum atomic E-state index is -1.39. The minimum absolute atomic E-state index is 0.0746. The Morgan fingerprint density at radius 2 is 1.93 bits per heavy atom. The Bertz CT molecular complexity index is 851. The SMILES string of the molecule is NC(=O)[C@@H](CC(=O)O)NC(=O)C1=C[C@@H](Oc2ccc3c(c2)CCC3)[C@H](O)[C@H](O)C1. The van der Waals surface area contributed by atoms with Crippen molar-refractivity contribution in [3.05, 3.63) is 41.0 Å². The number of carboxylic acids is 1. The van der Waals surface area contributed by atoms with E-state index in [1.165, 1.54) is 17.2 Å². The number of hydrogen-bond donors (Lipinski definition) is 5. The molecule has 2 aliphatic carbocycles. The van der Waals surface area contributed by atoms with Gasteiger partial charge in [0, 0.05) is 12.0 Å². The number of amides is 2. The second-order valence-electron chi connectivity index (χ2n) is 7.35. The number of rotatable bonds is 7. The number of nitrogens with one attached hydrogen (secondary N) is 1. The van der Waals surface area contributed by atoms with Gasteiger partial charge in [0.2, 0.25) is 11.8 Å². The number of carbonyl (C=O) groups is 3. The van der Waals surface area contributed by atoms with E-state index in [2.05, 4.69) is 5.32 Å². The average molecular weight is 404 g/mol. The Morgan fingerprint density at radius 1 is 1.21 bits per heavy atom. The molecule has 6 N–H and O–H groups in total. The van der Waals surface area contributed by atoms with Gasteiger partial charge < -0.3 is 31.1 Å². The summed E-state index contributed by atoms with van der Waals surface area (Å²) >= 11 is 0. The maximum atomic E-state index is 12.5. The molecule has 0 aliphatic heterocycles. The van der Waals surface area contributed by atoms with E-state index >= 15 is 0 Å². The van der Waals surface area contributed by atoms with Crippen molar-refractivity contribution in [2.45, 2.75) is 56.5 Å². The summed E-state index contributed by atoms with van der Waals surface area (Å²) in [5.74, 6) is -2.51. The quantitative estimate of drug-likeness (QED) is 0.406. The summed E-state index contributed by atoms with van der Waals surface area (Å²) in [7, 11) is 0. The topological polar surface area (TPSA) is 159 Å². The normalized spacial score (nSPS) is 24.2. The summed E-state index contributed by atoms with van der Waals surface area (Å²) in [5, 5.41) is 31.5. The van der Waals surface area contributed by atoms with Gasteiger partial charge in [0.1, 0.15) is 24.0 Å². The zero-order valence-corrected chi connectivity index (χ0v) is 15.7. The molecule has 2 aliphatic rings. The summed E-state index contributed by atoms with van der Waals surface area (Å²) in [5.41, 5.74) is 7.64. The number of hydrogen-bond acceptors (Lipinski definition) is 6. The molecule has 156 valence electrons. The van der Waals surface area contributed by atoms with E-state index in [0.29, 0.717) is 5.75 Å². The van der Waals surface area contributed by atoms with Gasteiger partial charge in [-0.05, 0) is 48.6 Å². The van der Waals surface area contributed by atoms with Crippen molar-refractivity contribution in [1.29, 1.82) is 0 Å². The van der Waals surface area contributed by atoms with E-state index in [0.717, 1.165) is 19.3 Å². The van der Waals surface area contributed by atoms with Crippen molar-refractivity contribution in [2.75, 3.05) is 0 Å². The minimum Gasteiger partial charge on any atom is -0.484 e. The Morgan fingerprint density at radius 3 is 2.62 bits per heavy atom. The first-order valence-corrected chi connectivity index (χ1v) is 9.42. The Balaban J connectivity index is 1.75. The summed E-state index contributed by atoms with van der Waals surface area (Å²) in [6.45, 7) is 0. The molecule has 0 saturated carbocycles. The lowest BCUT2D eigenvalue weighted by molar-refractivity contribution is -0.140. The Labute approximate surface area is 167 Å². The molecule has 9 nitrogen and oxygen atoms in total. The van der Waals surface area contributed by atoms with Crippen LogP contribution in [-0.2, 0) is 27.2 Å². The number of aliphatic carboxylic acids is 1. The fourth-order valence-electron chi connectivity index (χ4n) is 3.63. The largest absolute Gasteiger partial charge is 0.484 e. The Hall–Kier alpha value is -2.91. The highest BCUT2D eigenvalue weighted by Gasteiger charge is 2.35. The van der Waals surface area contributed by atoms with Gasteiger partial charge in [0.15, 0.2) is 0 Å². The van der Waals surface area contributed by atoms with Crippen LogP contribution in [0.25, 0.3) is 0 Å². The van der Waals surface area contributed by atoms with E-state index in [1.54, 1.807) is 6.07 Å². The van der Waals surface area contributed by atoms with Crippen molar-refractivity contribution in [3.8, 4) is 5.75 Å². The van der Waals surface area contributed by atoms with Crippen LogP contribution in [0.5, 0.6) is 5.75 Å². The summed E-state index contributed by atoms with van der Waals surface area (Å²) in [6.07, 6.45) is 0.0999. The van der Waals surface area contributed by atoms with Gasteiger partial charge in [-0.3, -0.25) is 14.4 Å². The zero-order valence-electron chi connectivity index (χ0n) is 15.7. The van der Waals surface area contributed by atoms with E-state index in [1.807, 2.05) is 12.1 Å². The van der Waals surface area contributed by atoms with Gasteiger partial charge in [-0.1, -0.05) is 6.07 Å². The third kappa shape index (κ3) is 4.93. The predicted molar refractivity (Wildman–Crippen MR) is 101 cm³/mol. The van der Waals surface area contributed by atoms with E-state index < -0.39 is 48.6 Å². The number of nitrogens with two attached hydrogens (primary N) is 1. The van der Waals surface area contributed by atoms with Crippen molar-refractivity contribution in [3.63, 3.8) is 0 Å². The average Bonchev–Trinajstić information content (AvgIpc) is 3.12. The molecule has 0 heterocycles. The first kappa shape index (κ1) is 20.8. The molecule has 0 bridgehead atoms. The second-order valence-corrected chi connectivity index (χ2v) is 7.35. The highest BCUT2D eigenvalue weighted by atomic mass is 16.5. The first-order chi connectivity index (χ1) is 13.7. The first-order valence-electron chi connectivity index (χ1n) is 9.42. The van der Waals surface area contributed by atoms with Crippen LogP contribution in [0.2, 0.25) is 0 Å². The lowest BCUT2D eigenvalue weighted by atomic mass is 9.91. The van der Waals surface area contributed by atoms with Crippen molar-refractivity contribution in [2.24, 2.45) is 5.73 Å². The zero-order chi connectivity index (χ0) is 21.1. The van der Waals surface area contributed by atoms with Crippen LogP contribution in [0, 0.1) is 0 Å². The number of fused-ring (bicyclic) bond motifs is 1. The monoisotopic (exact) mass is 404 g/mol. The maximum Gasteiger partial charge on any atom is 0.305 e. The number of benzene rings is 1. The standard InChI is InChI=1S/C20H24N2O7/c21-19(27)14(9-17(24)25)22-20(28)12-7-15(23)18(26)16(8-12)29-13-5-4-10-2-1-3-11(10)6-13/h4-6,8,14-16,18,23,26H,1-3,7,9H2,(H2,21,27)(H,22,28)(H,24,25)/t14-,15-,16-,18-/m1/s1. The van der Waals surface area contributed by atoms with E-state index in [-0.39, 0.29) is 12.0 Å². The molecule has 0 unspecified atom stereocenters. The molecule has 0 spiro atoms. The number of primary amides is 1. The van der Waals surface area contributed by atoms with Crippen LogP contribution in [-0.4, -0.2) is 57.5 Å². The molecule has 29 heavy (non-hydrogen) atoms. The molecule has 1 aromatic carbocycles. The maximum absolute atomic E-state index is 12.5. The third-order valence-electron chi connectivity index (χ3n) is 5.19. The molecular formula is C20H24N2O7. The van der Waals surface area contributed by atoms with E-state index in [9.17, 15) is 24.6 Å². The highest BCUT2D eigenvalue weighted by molar-refractivity contribution is 5.98. The second kappa shape index (κ2) is 8.62. The number of aliphatic hydroxyl groups excluding tert-OH is 2.